The minimum Gasteiger partial charge on any atom is -0.409 e. The summed E-state index contributed by atoms with van der Waals surface area (Å²) >= 11 is 0. The van der Waals surface area contributed by atoms with Gasteiger partial charge in [0.1, 0.15) is 5.60 Å². The van der Waals surface area contributed by atoms with E-state index in [1.807, 2.05) is 333 Å². The van der Waals surface area contributed by atoms with Gasteiger partial charge in [-0.05, 0) is 209 Å². The molecule has 0 saturated carbocycles. The molecule has 0 amide bonds. The van der Waals surface area contributed by atoms with E-state index < -0.39 is 44.0 Å². The van der Waals surface area contributed by atoms with Crippen LogP contribution in [-0.2, 0) is 66.2 Å². The Labute approximate surface area is 766 Å². The Morgan fingerprint density at radius 3 is 0.740 bits per heavy atom. The van der Waals surface area contributed by atoms with Crippen molar-refractivity contribution in [1.29, 1.82) is 0 Å². The predicted octanol–water partition coefficient (Wildman–Crippen LogP) is 25.7. The maximum Gasteiger partial charge on any atom is 0.130 e. The molecule has 694 valence electrons. The third-order valence-electron chi connectivity index (χ3n) is 22.9. The monoisotopic (exact) mass is 2280 g/mol. The smallest absolute Gasteiger partial charge is 0.130 e. The van der Waals surface area contributed by atoms with Crippen molar-refractivity contribution in [3.8, 4) is 0 Å². The van der Waals surface area contributed by atoms with Gasteiger partial charge in [-0.15, -0.1) is 0 Å². The summed E-state index contributed by atoms with van der Waals surface area (Å²) in [5.41, 5.74) is 15.1. The third kappa shape index (κ3) is 31.9. The van der Waals surface area contributed by atoms with Crippen molar-refractivity contribution in [2.24, 2.45) is 5.73 Å². The van der Waals surface area contributed by atoms with Crippen molar-refractivity contribution >= 4 is 21.8 Å². The fourth-order valence-corrected chi connectivity index (χ4v) is 18.9. The molecule has 10 aromatic rings. The largest absolute Gasteiger partial charge is 0.409 e. The number of likely N-dealkylation sites (tertiary alicyclic amines) is 4. The second-order valence-electron chi connectivity index (χ2n) is 29.0. The topological polar surface area (TPSA) is 164 Å². The van der Waals surface area contributed by atoms with Crippen LogP contribution in [0.3, 0.4) is 0 Å². The van der Waals surface area contributed by atoms with Crippen LogP contribution in [0.15, 0.2) is 303 Å². The molecular weight excluding hydrogens is 2110 g/mol. The first-order valence-electron chi connectivity index (χ1n) is 47.4. The fourth-order valence-electron chi connectivity index (χ4n) is 17.7. The predicted molar refractivity (Wildman–Crippen MR) is 541 cm³/mol. The minimum absolute atomic E-state index is 0. The molecule has 0 radical (unpaired) electrons. The molecule has 5 saturated heterocycles. The van der Waals surface area contributed by atoms with Crippen LogP contribution in [0.5, 0.6) is 0 Å². The van der Waals surface area contributed by atoms with Gasteiger partial charge in [0.25, 0.3) is 0 Å². The van der Waals surface area contributed by atoms with Gasteiger partial charge in [0.15, 0.2) is 0 Å². The normalized spacial score (nSPS) is 16.7. The zero-order chi connectivity index (χ0) is 93.7. The van der Waals surface area contributed by atoms with E-state index in [4.69, 9.17) is 5.73 Å². The van der Waals surface area contributed by atoms with E-state index >= 15 is 0 Å². The Morgan fingerprint density at radius 1 is 0.291 bits per heavy atom. The number of nitrogens with one attached hydrogen (secondary N) is 3. The number of nitrogens with two attached hydrogens (primary N) is 1. The maximum absolute atomic E-state index is 11.7. The minimum atomic E-state index is -2.37. The van der Waals surface area contributed by atoms with Crippen molar-refractivity contribution in [2.45, 2.75) is 267 Å². The summed E-state index contributed by atoms with van der Waals surface area (Å²) in [7, 11) is 3.87. The quantitative estimate of drug-likeness (QED) is 0.0490. The van der Waals surface area contributed by atoms with Gasteiger partial charge in [-0.3, -0.25) is 4.90 Å². The Morgan fingerprint density at radius 2 is 0.504 bits per heavy atom. The Kier molecular flexibility index (Phi) is 62.7. The first kappa shape index (κ1) is 119. The van der Waals surface area contributed by atoms with E-state index in [9.17, 15) is 21.9 Å². The van der Waals surface area contributed by atoms with Crippen LogP contribution < -0.4 is 20.5 Å². The molecule has 5 aliphatic rings. The number of hydrogen-bond donors (Lipinski definition) is 5. The van der Waals surface area contributed by atoms with Crippen molar-refractivity contribution in [3.05, 3.63) is 359 Å². The van der Waals surface area contributed by atoms with Gasteiger partial charge in [-0.25, -0.2) is 0 Å². The van der Waals surface area contributed by atoms with E-state index in [1.165, 1.54) is 48.1 Å². The zero-order valence-electron chi connectivity index (χ0n) is 83.0. The number of hydrogen-bond acceptors (Lipinski definition) is 13. The van der Waals surface area contributed by atoms with E-state index in [-0.39, 0.29) is 23.5 Å². The average Bonchev–Trinajstić information content (AvgIpc) is 1.75. The van der Waals surface area contributed by atoms with Crippen LogP contribution in [-0.4, -0.2) is 116 Å². The molecule has 10 aromatic carbocycles. The van der Waals surface area contributed by atoms with Gasteiger partial charge < -0.3 is 57.1 Å². The van der Waals surface area contributed by atoms with Crippen molar-refractivity contribution < 1.29 is 21.9 Å². The van der Waals surface area contributed by atoms with Crippen LogP contribution in [0.2, 0.25) is 0 Å². The van der Waals surface area contributed by atoms with Gasteiger partial charge in [0, 0.05) is 35.6 Å². The molecule has 15 rings (SSSR count). The molecule has 6 N–H and O–H groups in total. The SMILES string of the molecule is CC.CC.CC.CC.CC.CC.CC.CC.CC.CC.CN1CCCC1C(C)(c1ccccc1)c1ccccc1.CN1CCCC1C(N)(c1ccccc1)c1ccccc1.CN1CCCC1C(N[S-](=O)=O)(c1ccccc1)c1ccccc1.CN1CCCC1C(O)(c1ccccc1)c1ccccc1.O=[S-](=O)NC(c1ccccc1)(c1ccccc1)C1CCCN1.[Rf].[Rf]. The molecule has 5 atom stereocenters. The number of aliphatic hydroxyl groups is 1. The summed E-state index contributed by atoms with van der Waals surface area (Å²) in [4.78, 5) is 9.46. The second kappa shape index (κ2) is 67.1. The molecule has 13 nitrogen and oxygen atoms in total. The van der Waals surface area contributed by atoms with E-state index in [1.54, 1.807) is 0 Å². The Hall–Kier alpha value is -10.3. The van der Waals surface area contributed by atoms with Crippen molar-refractivity contribution in [2.75, 3.05) is 60.9 Å². The Bertz CT molecular complexity index is 3920. The number of likely N-dealkylation sites (N-methyl/N-ethyl adjacent to an activating group) is 4. The molecule has 127 heavy (non-hydrogen) atoms. The molecule has 0 spiro atoms. The van der Waals surface area contributed by atoms with Gasteiger partial charge in [0.2, 0.25) is 0 Å². The molecule has 5 fully saturated rings. The van der Waals surface area contributed by atoms with Crippen LogP contribution in [0.25, 0.3) is 0 Å². The van der Waals surface area contributed by atoms with Crippen LogP contribution in [0, 0.1) is 0 Å². The van der Waals surface area contributed by atoms with E-state index in [2.05, 4.69) is 179 Å². The van der Waals surface area contributed by atoms with E-state index in [0.717, 1.165) is 105 Å². The van der Waals surface area contributed by atoms with Gasteiger partial charge >= 0.3 is 0 Å². The third-order valence-corrected chi connectivity index (χ3v) is 23.9. The summed E-state index contributed by atoms with van der Waals surface area (Å²) in [6.45, 7) is 47.7. The first-order chi connectivity index (χ1) is 61.1. The fraction of sp³-hybridized carbons (Fsp3) is 0.455. The molecule has 0 bridgehead atoms. The molecule has 5 unspecified atom stereocenters. The number of nitrogens with zero attached hydrogens (tertiary/aromatic N) is 4. The van der Waals surface area contributed by atoms with Crippen molar-refractivity contribution in [3.63, 3.8) is 0 Å². The molecule has 0 aliphatic carbocycles. The summed E-state index contributed by atoms with van der Waals surface area (Å²) in [6, 6.07) is 103. The molecule has 5 heterocycles. The molecule has 5 aliphatic heterocycles. The van der Waals surface area contributed by atoms with E-state index in [0.29, 0.717) is 12.1 Å². The number of benzene rings is 10. The standard InChI is InChI=1S/C19H23N.C18H21N2O2S.C18H22N2.C18H21NO.C17H19N2O2S.10C2H6.2Rf/c1-19(16-10-5-3-6-11-16,17-12-7-4-8-13-17)18-14-9-15-20(18)2;1-20-14-8-13-17(20)18(19-23(21)22,15-9-4-2-5-10-15)16-11-6-3-7-12-16;1-20-14-8-13-17(20)18(19,15-9-4-2-5-10-15)16-11-6-3-7-12-16;1-19-14-8-13-17(19)18(20,15-9-4-2-5-10-15)16-11-6-3-7-12-16;20-22(21)19-17(16-12-7-13-18-16,14-8-3-1-4-9-14)15-10-5-2-6-11-15;10*1-2;;/h3-8,10-13,18H,9,14-15H2,1-2H3;2-7,9-12,17H,8,13-14H2,1H3,(H,19,21,22);2-7,9-12,17H,8,13-14,19H2,1H3;2-7,9-12,17,20H,8,13-14H2,1H3;1-6,8-11,16,18H,7,12-13H2,(H,19,20,21);10*1-2H3;;/q;-1;;;-1;;;;;;;;;;;;. The zero-order valence-corrected chi connectivity index (χ0v) is 97.5. The maximum atomic E-state index is 11.7. The summed E-state index contributed by atoms with van der Waals surface area (Å²) in [5, 5.41) is 15.0. The molecule has 0 aromatic heterocycles. The van der Waals surface area contributed by atoms with Gasteiger partial charge in [-0.1, -0.05) is 442 Å². The summed E-state index contributed by atoms with van der Waals surface area (Å²) in [5.74, 6) is 0. The van der Waals surface area contributed by atoms with Crippen LogP contribution in [0.4, 0.5) is 0 Å². The molecular formula is C110H166N8O5Rf2S2-2. The van der Waals surface area contributed by atoms with Crippen LogP contribution >= 0.6 is 0 Å². The average molecular weight is 2280 g/mol. The van der Waals surface area contributed by atoms with Crippen LogP contribution in [0.1, 0.15) is 265 Å². The van der Waals surface area contributed by atoms with Gasteiger partial charge in [-0.2, -0.15) is 0 Å². The van der Waals surface area contributed by atoms with Crippen molar-refractivity contribution in [1.82, 2.24) is 34.4 Å². The Balaban J connectivity index is 0. The molecule has 17 heteroatoms. The first-order valence-corrected chi connectivity index (χ1v) is 49.6. The summed E-state index contributed by atoms with van der Waals surface area (Å²) in [6.07, 6.45) is 11.1. The van der Waals surface area contributed by atoms with Gasteiger partial charge in [0.05, 0.1) is 16.6 Å². The second-order valence-corrected chi connectivity index (χ2v) is 30.3. The number of rotatable bonds is 19. The summed E-state index contributed by atoms with van der Waals surface area (Å²) < 4.78 is 52.2.